The van der Waals surface area contributed by atoms with E-state index in [9.17, 15) is 9.59 Å². The van der Waals surface area contributed by atoms with Crippen molar-refractivity contribution < 1.29 is 14.3 Å². The predicted molar refractivity (Wildman–Crippen MR) is 98.0 cm³/mol. The zero-order chi connectivity index (χ0) is 18.4. The van der Waals surface area contributed by atoms with E-state index < -0.39 is 6.03 Å². The van der Waals surface area contributed by atoms with Crippen LogP contribution in [0.15, 0.2) is 36.7 Å². The van der Waals surface area contributed by atoms with Crippen molar-refractivity contribution in [3.05, 3.63) is 42.2 Å². The molecule has 2 heterocycles. The Labute approximate surface area is 151 Å². The molecule has 0 radical (unpaired) electrons. The van der Waals surface area contributed by atoms with Gasteiger partial charge in [-0.15, -0.1) is 0 Å². The number of carbonyl (C=O) groups is 2. The van der Waals surface area contributed by atoms with Crippen molar-refractivity contribution in [1.82, 2.24) is 15.1 Å². The Bertz CT molecular complexity index is 768. The van der Waals surface area contributed by atoms with E-state index >= 15 is 0 Å². The van der Waals surface area contributed by atoms with Gasteiger partial charge in [-0.1, -0.05) is 12.1 Å². The number of anilines is 2. The van der Waals surface area contributed by atoms with Crippen molar-refractivity contribution in [3.8, 4) is 0 Å². The molecule has 1 aromatic heterocycles. The lowest BCUT2D eigenvalue weighted by atomic mass is 10.2. The zero-order valence-corrected chi connectivity index (χ0v) is 14.7. The second-order valence-corrected chi connectivity index (χ2v) is 6.31. The number of aryl methyl sites for hydroxylation is 1. The second-order valence-electron chi connectivity index (χ2n) is 6.31. The molecule has 3 rings (SSSR count). The molecule has 0 bridgehead atoms. The van der Waals surface area contributed by atoms with Crippen LogP contribution in [0.2, 0.25) is 0 Å². The van der Waals surface area contributed by atoms with Gasteiger partial charge in [0.15, 0.2) is 0 Å². The van der Waals surface area contributed by atoms with Gasteiger partial charge in [-0.25, -0.2) is 4.79 Å². The van der Waals surface area contributed by atoms with Crippen LogP contribution in [-0.2, 0) is 16.1 Å². The third-order valence-corrected chi connectivity index (χ3v) is 4.02. The van der Waals surface area contributed by atoms with E-state index in [1.807, 2.05) is 25.1 Å². The smallest absolute Gasteiger partial charge is 0.319 e. The maximum Gasteiger partial charge on any atom is 0.319 e. The fraction of sp³-hybridized carbons (Fsp3) is 0.389. The topological polar surface area (TPSA) is 97.3 Å². The standard InChI is InChI=1S/C18H23N5O3/c1-13-4-2-5-14(8-13)22-18(25)19-10-17(24)21-15-9-20-23(11-15)12-16-6-3-7-26-16/h2,4-5,8-9,11,16H,3,6-7,10,12H2,1H3,(H,21,24)(H2,19,22,25). The molecule has 1 aromatic carbocycles. The maximum absolute atomic E-state index is 12.0. The summed E-state index contributed by atoms with van der Waals surface area (Å²) in [6.45, 7) is 3.28. The van der Waals surface area contributed by atoms with Gasteiger partial charge >= 0.3 is 6.03 Å². The highest BCUT2D eigenvalue weighted by molar-refractivity contribution is 5.96. The largest absolute Gasteiger partial charge is 0.376 e. The average Bonchev–Trinajstić information content (AvgIpc) is 3.26. The van der Waals surface area contributed by atoms with Gasteiger partial charge in [0.2, 0.25) is 5.91 Å². The number of carbonyl (C=O) groups excluding carboxylic acids is 2. The fourth-order valence-corrected chi connectivity index (χ4v) is 2.79. The lowest BCUT2D eigenvalue weighted by Gasteiger charge is -2.09. The highest BCUT2D eigenvalue weighted by Gasteiger charge is 2.16. The van der Waals surface area contributed by atoms with Crippen LogP contribution in [0.3, 0.4) is 0 Å². The molecule has 138 valence electrons. The number of hydrogen-bond donors (Lipinski definition) is 3. The third-order valence-electron chi connectivity index (χ3n) is 4.02. The van der Waals surface area contributed by atoms with Gasteiger partial charge in [0.25, 0.3) is 0 Å². The molecule has 26 heavy (non-hydrogen) atoms. The summed E-state index contributed by atoms with van der Waals surface area (Å²) in [6.07, 6.45) is 5.63. The van der Waals surface area contributed by atoms with E-state index in [0.717, 1.165) is 25.0 Å². The molecule has 1 saturated heterocycles. The van der Waals surface area contributed by atoms with E-state index in [4.69, 9.17) is 4.74 Å². The molecule has 0 aliphatic carbocycles. The fourth-order valence-electron chi connectivity index (χ4n) is 2.79. The highest BCUT2D eigenvalue weighted by Crippen LogP contribution is 2.15. The second kappa shape index (κ2) is 8.48. The number of nitrogens with zero attached hydrogens (tertiary/aromatic N) is 2. The number of aromatic nitrogens is 2. The van der Waals surface area contributed by atoms with Crippen molar-refractivity contribution >= 4 is 23.3 Å². The van der Waals surface area contributed by atoms with Crippen molar-refractivity contribution in [3.63, 3.8) is 0 Å². The van der Waals surface area contributed by atoms with Gasteiger partial charge in [-0.3, -0.25) is 9.48 Å². The Morgan fingerprint density at radius 1 is 1.31 bits per heavy atom. The number of ether oxygens (including phenoxy) is 1. The van der Waals surface area contributed by atoms with Gasteiger partial charge in [0.1, 0.15) is 0 Å². The summed E-state index contributed by atoms with van der Waals surface area (Å²) in [5.74, 6) is -0.318. The van der Waals surface area contributed by atoms with Gasteiger partial charge in [0.05, 0.1) is 31.1 Å². The summed E-state index contributed by atoms with van der Waals surface area (Å²) in [5, 5.41) is 12.1. The molecule has 3 amide bonds. The van der Waals surface area contributed by atoms with Crippen molar-refractivity contribution in [2.24, 2.45) is 0 Å². The maximum atomic E-state index is 12.0. The van der Waals surface area contributed by atoms with Gasteiger partial charge in [0, 0.05) is 18.5 Å². The third kappa shape index (κ3) is 5.32. The Morgan fingerprint density at radius 3 is 2.96 bits per heavy atom. The summed E-state index contributed by atoms with van der Waals surface area (Å²) >= 11 is 0. The first kappa shape index (κ1) is 17.9. The summed E-state index contributed by atoms with van der Waals surface area (Å²) < 4.78 is 7.32. The van der Waals surface area contributed by atoms with E-state index in [1.54, 1.807) is 23.1 Å². The van der Waals surface area contributed by atoms with Crippen molar-refractivity contribution in [2.45, 2.75) is 32.4 Å². The molecule has 2 aromatic rings. The average molecular weight is 357 g/mol. The molecule has 1 fully saturated rings. The van der Waals surface area contributed by atoms with Crippen LogP contribution >= 0.6 is 0 Å². The number of hydrogen-bond acceptors (Lipinski definition) is 4. The minimum absolute atomic E-state index is 0.130. The van der Waals surface area contributed by atoms with Crippen LogP contribution in [-0.4, -0.2) is 41.0 Å². The molecule has 3 N–H and O–H groups in total. The van der Waals surface area contributed by atoms with Crippen LogP contribution in [0.25, 0.3) is 0 Å². The van der Waals surface area contributed by atoms with Crippen LogP contribution in [0, 0.1) is 6.92 Å². The molecule has 0 spiro atoms. The van der Waals surface area contributed by atoms with Gasteiger partial charge in [-0.05, 0) is 37.5 Å². The first-order valence-electron chi connectivity index (χ1n) is 8.64. The highest BCUT2D eigenvalue weighted by atomic mass is 16.5. The van der Waals surface area contributed by atoms with E-state index in [2.05, 4.69) is 21.0 Å². The first-order valence-corrected chi connectivity index (χ1v) is 8.64. The summed E-state index contributed by atoms with van der Waals surface area (Å²) in [7, 11) is 0. The van der Waals surface area contributed by atoms with Crippen molar-refractivity contribution in [1.29, 1.82) is 0 Å². The zero-order valence-electron chi connectivity index (χ0n) is 14.7. The van der Waals surface area contributed by atoms with E-state index in [1.165, 1.54) is 0 Å². The number of urea groups is 1. The minimum atomic E-state index is -0.431. The number of amides is 3. The van der Waals surface area contributed by atoms with E-state index in [-0.39, 0.29) is 18.6 Å². The van der Waals surface area contributed by atoms with Crippen LogP contribution in [0.5, 0.6) is 0 Å². The van der Waals surface area contributed by atoms with Crippen LogP contribution in [0.1, 0.15) is 18.4 Å². The molecule has 8 heteroatoms. The van der Waals surface area contributed by atoms with Crippen LogP contribution < -0.4 is 16.0 Å². The molecule has 8 nitrogen and oxygen atoms in total. The molecule has 1 aliphatic heterocycles. The lowest BCUT2D eigenvalue weighted by molar-refractivity contribution is -0.115. The van der Waals surface area contributed by atoms with Crippen LogP contribution in [0.4, 0.5) is 16.2 Å². The molecule has 0 saturated carbocycles. The normalized spacial score (nSPS) is 16.3. The SMILES string of the molecule is Cc1cccc(NC(=O)NCC(=O)Nc2cnn(CC3CCCO3)c2)c1. The van der Waals surface area contributed by atoms with Gasteiger partial charge in [-0.2, -0.15) is 5.10 Å². The Kier molecular flexibility index (Phi) is 5.85. The predicted octanol–water partition coefficient (Wildman–Crippen LogP) is 2.13. The number of rotatable bonds is 6. The van der Waals surface area contributed by atoms with Crippen molar-refractivity contribution in [2.75, 3.05) is 23.8 Å². The Balaban J connectivity index is 1.41. The van der Waals surface area contributed by atoms with E-state index in [0.29, 0.717) is 17.9 Å². The minimum Gasteiger partial charge on any atom is -0.376 e. The summed E-state index contributed by atoms with van der Waals surface area (Å²) in [4.78, 5) is 23.8. The number of nitrogens with one attached hydrogen (secondary N) is 3. The summed E-state index contributed by atoms with van der Waals surface area (Å²) in [5.41, 5.74) is 2.31. The monoisotopic (exact) mass is 357 g/mol. The summed E-state index contributed by atoms with van der Waals surface area (Å²) in [6, 6.07) is 7.00. The molecular formula is C18H23N5O3. The Hall–Kier alpha value is -2.87. The molecule has 1 unspecified atom stereocenters. The van der Waals surface area contributed by atoms with Gasteiger partial charge < -0.3 is 20.7 Å². The first-order chi connectivity index (χ1) is 12.6. The quantitative estimate of drug-likeness (QED) is 0.738. The molecular weight excluding hydrogens is 334 g/mol. The molecule has 1 atom stereocenters. The Morgan fingerprint density at radius 2 is 2.19 bits per heavy atom. The lowest BCUT2D eigenvalue weighted by Crippen LogP contribution is -2.35. The molecule has 1 aliphatic rings. The number of benzene rings is 1.